The van der Waals surface area contributed by atoms with Crippen molar-refractivity contribution in [2.45, 2.75) is 39.0 Å². The number of hydrogen-bond acceptors (Lipinski definition) is 4. The number of likely N-dealkylation sites (N-methyl/N-ethyl adjacent to an activating group) is 1. The fourth-order valence-electron chi connectivity index (χ4n) is 2.81. The number of hydrogen-bond donors (Lipinski definition) is 1. The van der Waals surface area contributed by atoms with Crippen molar-refractivity contribution in [2.24, 2.45) is 0 Å². The number of esters is 1. The fourth-order valence-corrected chi connectivity index (χ4v) is 2.81. The van der Waals surface area contributed by atoms with Crippen LogP contribution in [0.1, 0.15) is 47.7 Å². The van der Waals surface area contributed by atoms with E-state index >= 15 is 0 Å². The van der Waals surface area contributed by atoms with Crippen LogP contribution in [0.25, 0.3) is 0 Å². The van der Waals surface area contributed by atoms with Gasteiger partial charge >= 0.3 is 5.97 Å². The van der Waals surface area contributed by atoms with E-state index < -0.39 is 11.9 Å². The molecule has 0 aromatic heterocycles. The van der Waals surface area contributed by atoms with Gasteiger partial charge in [-0.05, 0) is 55.4 Å². The molecule has 25 heavy (non-hydrogen) atoms. The zero-order valence-corrected chi connectivity index (χ0v) is 15.0. The lowest BCUT2D eigenvalue weighted by Gasteiger charge is -2.17. The molecule has 1 aromatic carbocycles. The van der Waals surface area contributed by atoms with E-state index in [0.29, 0.717) is 12.1 Å². The Morgan fingerprint density at radius 3 is 2.60 bits per heavy atom. The molecule has 0 saturated heterocycles. The molecule has 1 aliphatic rings. The number of fused-ring (bicyclic) bond motifs is 1. The molecular weight excluding hydrogens is 320 g/mol. The van der Waals surface area contributed by atoms with E-state index in [-0.39, 0.29) is 19.1 Å². The molecule has 0 spiro atoms. The van der Waals surface area contributed by atoms with Crippen LogP contribution in [-0.4, -0.2) is 49.4 Å². The highest BCUT2D eigenvalue weighted by Gasteiger charge is 2.17. The molecule has 0 radical (unpaired) electrons. The maximum atomic E-state index is 12.1. The third-order valence-corrected chi connectivity index (χ3v) is 4.29. The highest BCUT2D eigenvalue weighted by molar-refractivity contribution is 5.92. The largest absolute Gasteiger partial charge is 0.452 e. The monoisotopic (exact) mass is 346 g/mol. The first-order valence-corrected chi connectivity index (χ1v) is 8.81. The lowest BCUT2D eigenvalue weighted by atomic mass is 9.90. The Labute approximate surface area is 148 Å². The van der Waals surface area contributed by atoms with Gasteiger partial charge in [-0.25, -0.2) is 4.79 Å². The van der Waals surface area contributed by atoms with Gasteiger partial charge in [0.1, 0.15) is 0 Å². The number of rotatable bonds is 7. The van der Waals surface area contributed by atoms with E-state index in [1.807, 2.05) is 19.1 Å². The van der Waals surface area contributed by atoms with Gasteiger partial charge < -0.3 is 15.0 Å². The fraction of sp³-hybridized carbons (Fsp3) is 0.526. The third kappa shape index (κ3) is 5.59. The Balaban J connectivity index is 1.82. The van der Waals surface area contributed by atoms with E-state index in [1.54, 1.807) is 6.07 Å². The number of benzene rings is 1. The molecule has 6 nitrogen and oxygen atoms in total. The van der Waals surface area contributed by atoms with Gasteiger partial charge in [0.25, 0.3) is 5.91 Å². The smallest absolute Gasteiger partial charge is 0.338 e. The average Bonchev–Trinajstić information content (AvgIpc) is 2.63. The maximum Gasteiger partial charge on any atom is 0.338 e. The number of aryl methyl sites for hydroxylation is 2. The zero-order valence-electron chi connectivity index (χ0n) is 15.0. The first-order valence-electron chi connectivity index (χ1n) is 8.81. The molecule has 136 valence electrons. The van der Waals surface area contributed by atoms with Gasteiger partial charge in [0.15, 0.2) is 6.61 Å². The molecule has 1 N–H and O–H groups in total. The summed E-state index contributed by atoms with van der Waals surface area (Å²) < 4.78 is 5.10. The Morgan fingerprint density at radius 1 is 1.16 bits per heavy atom. The molecule has 0 bridgehead atoms. The highest BCUT2D eigenvalue weighted by Crippen LogP contribution is 2.22. The minimum atomic E-state index is -0.509. The maximum absolute atomic E-state index is 12.1. The first-order chi connectivity index (χ1) is 12.0. The normalized spacial score (nSPS) is 12.9. The summed E-state index contributed by atoms with van der Waals surface area (Å²) in [7, 11) is 1.51. The lowest BCUT2D eigenvalue weighted by Crippen LogP contribution is -2.40. The van der Waals surface area contributed by atoms with E-state index in [9.17, 15) is 14.4 Å². The molecule has 0 aliphatic heterocycles. The number of ether oxygens (including phenoxy) is 1. The third-order valence-electron chi connectivity index (χ3n) is 4.29. The summed E-state index contributed by atoms with van der Waals surface area (Å²) in [4.78, 5) is 37.0. The summed E-state index contributed by atoms with van der Waals surface area (Å²) in [5.41, 5.74) is 2.95. The average molecular weight is 346 g/mol. The quantitative estimate of drug-likeness (QED) is 0.763. The molecule has 0 unspecified atom stereocenters. The van der Waals surface area contributed by atoms with Crippen LogP contribution in [0, 0.1) is 0 Å². The number of nitrogens with one attached hydrogen (secondary N) is 1. The topological polar surface area (TPSA) is 75.7 Å². The van der Waals surface area contributed by atoms with Crippen molar-refractivity contribution in [3.05, 3.63) is 34.9 Å². The summed E-state index contributed by atoms with van der Waals surface area (Å²) in [6, 6.07) is 5.58. The van der Waals surface area contributed by atoms with Crippen molar-refractivity contribution >= 4 is 17.8 Å². The van der Waals surface area contributed by atoms with Crippen LogP contribution in [0.5, 0.6) is 0 Å². The minimum Gasteiger partial charge on any atom is -0.452 e. The molecule has 0 fully saturated rings. The summed E-state index contributed by atoms with van der Waals surface area (Å²) in [5.74, 6) is -1.14. The molecule has 2 amide bonds. The van der Waals surface area contributed by atoms with Crippen LogP contribution >= 0.6 is 0 Å². The Hall–Kier alpha value is -2.37. The first kappa shape index (κ1) is 19.0. The van der Waals surface area contributed by atoms with Crippen molar-refractivity contribution in [1.29, 1.82) is 0 Å². The van der Waals surface area contributed by atoms with Crippen LogP contribution in [0.4, 0.5) is 0 Å². The molecule has 0 atom stereocenters. The van der Waals surface area contributed by atoms with Crippen LogP contribution in [0.15, 0.2) is 18.2 Å². The summed E-state index contributed by atoms with van der Waals surface area (Å²) in [6.45, 7) is 2.12. The van der Waals surface area contributed by atoms with Gasteiger partial charge in [-0.3, -0.25) is 9.59 Å². The van der Waals surface area contributed by atoms with E-state index in [0.717, 1.165) is 25.7 Å². The van der Waals surface area contributed by atoms with Gasteiger partial charge in [0, 0.05) is 13.6 Å². The second-order valence-corrected chi connectivity index (χ2v) is 6.37. The molecular formula is C19H26N2O4. The number of amides is 2. The second kappa shape index (κ2) is 9.20. The summed E-state index contributed by atoms with van der Waals surface area (Å²) in [5, 5.41) is 2.70. The molecule has 6 heteroatoms. The van der Waals surface area contributed by atoms with Gasteiger partial charge in [0.05, 0.1) is 12.1 Å². The second-order valence-electron chi connectivity index (χ2n) is 6.37. The Kier molecular flexibility index (Phi) is 6.98. The highest BCUT2D eigenvalue weighted by atomic mass is 16.5. The van der Waals surface area contributed by atoms with Gasteiger partial charge in [-0.15, -0.1) is 0 Å². The number of carbonyl (C=O) groups excluding carboxylic acids is 3. The van der Waals surface area contributed by atoms with Crippen molar-refractivity contribution < 1.29 is 19.1 Å². The van der Waals surface area contributed by atoms with Gasteiger partial charge in [-0.1, -0.05) is 13.0 Å². The SMILES string of the molecule is CCCNC(=O)CN(C)C(=O)COC(=O)c1ccc2c(c1)CCCC2. The zero-order chi connectivity index (χ0) is 18.2. The van der Waals surface area contributed by atoms with Gasteiger partial charge in [-0.2, -0.15) is 0 Å². The molecule has 1 aromatic rings. The molecule has 2 rings (SSSR count). The van der Waals surface area contributed by atoms with Crippen LogP contribution in [0.2, 0.25) is 0 Å². The predicted molar refractivity (Wildman–Crippen MR) is 94.3 cm³/mol. The summed E-state index contributed by atoms with van der Waals surface area (Å²) >= 11 is 0. The van der Waals surface area contributed by atoms with E-state index in [2.05, 4.69) is 5.32 Å². The van der Waals surface area contributed by atoms with Crippen LogP contribution in [0.3, 0.4) is 0 Å². The Bertz CT molecular complexity index is 642. The van der Waals surface area contributed by atoms with Crippen molar-refractivity contribution in [3.8, 4) is 0 Å². The van der Waals surface area contributed by atoms with Crippen molar-refractivity contribution in [3.63, 3.8) is 0 Å². The molecule has 0 saturated carbocycles. The van der Waals surface area contributed by atoms with Crippen molar-refractivity contribution in [1.82, 2.24) is 10.2 Å². The lowest BCUT2D eigenvalue weighted by molar-refractivity contribution is -0.137. The number of nitrogens with zero attached hydrogens (tertiary/aromatic N) is 1. The minimum absolute atomic E-state index is 0.0464. The van der Waals surface area contributed by atoms with Crippen LogP contribution in [-0.2, 0) is 27.2 Å². The molecule has 0 heterocycles. The van der Waals surface area contributed by atoms with Crippen LogP contribution < -0.4 is 5.32 Å². The van der Waals surface area contributed by atoms with E-state index in [4.69, 9.17) is 4.74 Å². The number of carbonyl (C=O) groups is 3. The molecule has 1 aliphatic carbocycles. The standard InChI is InChI=1S/C19H26N2O4/c1-3-10-20-17(22)12-21(2)18(23)13-25-19(24)16-9-8-14-6-4-5-7-15(14)11-16/h8-9,11H,3-7,10,12-13H2,1-2H3,(H,20,22). The predicted octanol–water partition coefficient (Wildman–Crippen LogP) is 1.71. The Morgan fingerprint density at radius 2 is 1.88 bits per heavy atom. The summed E-state index contributed by atoms with van der Waals surface area (Å²) in [6.07, 6.45) is 5.18. The van der Waals surface area contributed by atoms with E-state index in [1.165, 1.54) is 29.5 Å². The van der Waals surface area contributed by atoms with Gasteiger partial charge in [0.2, 0.25) is 5.91 Å². The van der Waals surface area contributed by atoms with Crippen molar-refractivity contribution in [2.75, 3.05) is 26.7 Å².